The highest BCUT2D eigenvalue weighted by atomic mass is 35.5. The van der Waals surface area contributed by atoms with Crippen LogP contribution in [0.25, 0.3) is 0 Å². The minimum Gasteiger partial charge on any atom is -0.478 e. The molecule has 0 saturated carbocycles. The number of carbonyl (C=O) groups is 1. The van der Waals surface area contributed by atoms with Gasteiger partial charge in [-0.3, -0.25) is 0 Å². The Morgan fingerprint density at radius 3 is 2.95 bits per heavy atom. The molecule has 1 aromatic carbocycles. The van der Waals surface area contributed by atoms with Crippen LogP contribution >= 0.6 is 22.9 Å². The summed E-state index contributed by atoms with van der Waals surface area (Å²) in [4.78, 5) is 13.7. The van der Waals surface area contributed by atoms with Crippen molar-refractivity contribution < 1.29 is 9.90 Å². The van der Waals surface area contributed by atoms with Crippen molar-refractivity contribution in [1.29, 1.82) is 0 Å². The quantitative estimate of drug-likeness (QED) is 0.897. The zero-order valence-corrected chi connectivity index (χ0v) is 13.2. The standard InChI is InChI=1S/C16H16ClNO2S/c1-10(11-8-15(17)21-9-11)18-7-3-5-12-13(16(19)20)4-2-6-14(12)18/h2,4,6,8-10H,3,5,7H2,1H3,(H,19,20). The number of benzene rings is 1. The normalized spacial score (nSPS) is 15.6. The van der Waals surface area contributed by atoms with Crippen molar-refractivity contribution in [2.24, 2.45) is 0 Å². The summed E-state index contributed by atoms with van der Waals surface area (Å²) in [5, 5.41) is 11.4. The van der Waals surface area contributed by atoms with E-state index >= 15 is 0 Å². The Kier molecular flexibility index (Phi) is 3.91. The molecule has 1 aliphatic heterocycles. The summed E-state index contributed by atoms with van der Waals surface area (Å²) in [6.45, 7) is 3.08. The van der Waals surface area contributed by atoms with Gasteiger partial charge >= 0.3 is 5.97 Å². The number of anilines is 1. The molecule has 1 aliphatic rings. The van der Waals surface area contributed by atoms with Crippen LogP contribution in [0.4, 0.5) is 5.69 Å². The molecule has 21 heavy (non-hydrogen) atoms. The lowest BCUT2D eigenvalue weighted by molar-refractivity contribution is 0.0695. The van der Waals surface area contributed by atoms with Gasteiger partial charge in [-0.05, 0) is 54.5 Å². The molecule has 1 unspecified atom stereocenters. The average Bonchev–Trinajstić information content (AvgIpc) is 2.91. The molecule has 2 aromatic rings. The molecule has 1 atom stereocenters. The maximum atomic E-state index is 11.4. The summed E-state index contributed by atoms with van der Waals surface area (Å²) in [6.07, 6.45) is 1.80. The fourth-order valence-corrected chi connectivity index (χ4v) is 3.96. The molecule has 1 N–H and O–H groups in total. The third kappa shape index (κ3) is 2.65. The number of halogens is 1. The van der Waals surface area contributed by atoms with Crippen LogP contribution in [0.5, 0.6) is 0 Å². The molecule has 0 saturated heterocycles. The van der Waals surface area contributed by atoms with Gasteiger partial charge in [-0.1, -0.05) is 17.7 Å². The number of hydrogen-bond donors (Lipinski definition) is 1. The molecular weight excluding hydrogens is 306 g/mol. The molecule has 3 nitrogen and oxygen atoms in total. The maximum Gasteiger partial charge on any atom is 0.336 e. The van der Waals surface area contributed by atoms with E-state index in [9.17, 15) is 9.90 Å². The van der Waals surface area contributed by atoms with Crippen molar-refractivity contribution in [3.05, 3.63) is 50.7 Å². The summed E-state index contributed by atoms with van der Waals surface area (Å²) in [5.74, 6) is -0.847. The van der Waals surface area contributed by atoms with E-state index in [-0.39, 0.29) is 6.04 Å². The summed E-state index contributed by atoms with van der Waals surface area (Å²) < 4.78 is 0.786. The topological polar surface area (TPSA) is 40.5 Å². The zero-order valence-electron chi connectivity index (χ0n) is 11.7. The van der Waals surface area contributed by atoms with Gasteiger partial charge in [-0.2, -0.15) is 0 Å². The molecule has 0 spiro atoms. The second kappa shape index (κ2) is 5.70. The summed E-state index contributed by atoms with van der Waals surface area (Å²) in [5.41, 5.74) is 3.59. The molecule has 5 heteroatoms. The van der Waals surface area contributed by atoms with Gasteiger partial charge in [0.25, 0.3) is 0 Å². The Balaban J connectivity index is 2.01. The van der Waals surface area contributed by atoms with Crippen LogP contribution in [0.1, 0.15) is 40.9 Å². The van der Waals surface area contributed by atoms with E-state index in [0.717, 1.165) is 35.0 Å². The first-order valence-corrected chi connectivity index (χ1v) is 8.19. The minimum atomic E-state index is -0.847. The average molecular weight is 322 g/mol. The second-order valence-electron chi connectivity index (χ2n) is 5.27. The Morgan fingerprint density at radius 2 is 2.29 bits per heavy atom. The first-order chi connectivity index (χ1) is 10.1. The van der Waals surface area contributed by atoms with Gasteiger partial charge < -0.3 is 10.0 Å². The van der Waals surface area contributed by atoms with E-state index in [1.807, 2.05) is 18.2 Å². The number of fused-ring (bicyclic) bond motifs is 1. The van der Waals surface area contributed by atoms with Crippen molar-refractivity contribution in [2.75, 3.05) is 11.4 Å². The van der Waals surface area contributed by atoms with E-state index in [2.05, 4.69) is 17.2 Å². The SMILES string of the molecule is CC(c1csc(Cl)c1)N1CCCc2c(C(=O)O)cccc21. The molecule has 0 radical (unpaired) electrons. The van der Waals surface area contributed by atoms with Crippen molar-refractivity contribution in [3.63, 3.8) is 0 Å². The third-order valence-electron chi connectivity index (χ3n) is 4.05. The molecule has 0 aliphatic carbocycles. The van der Waals surface area contributed by atoms with E-state index in [0.29, 0.717) is 5.56 Å². The van der Waals surface area contributed by atoms with Crippen LogP contribution in [-0.2, 0) is 6.42 Å². The highest BCUT2D eigenvalue weighted by Gasteiger charge is 2.26. The largest absolute Gasteiger partial charge is 0.478 e. The molecule has 3 rings (SSSR count). The highest BCUT2D eigenvalue weighted by molar-refractivity contribution is 7.14. The predicted molar refractivity (Wildman–Crippen MR) is 86.8 cm³/mol. The van der Waals surface area contributed by atoms with Gasteiger partial charge in [0, 0.05) is 12.2 Å². The van der Waals surface area contributed by atoms with Crippen molar-refractivity contribution in [2.45, 2.75) is 25.8 Å². The van der Waals surface area contributed by atoms with E-state index in [1.54, 1.807) is 6.07 Å². The van der Waals surface area contributed by atoms with Gasteiger partial charge in [0.15, 0.2) is 0 Å². The Bertz CT molecular complexity index is 683. The maximum absolute atomic E-state index is 11.4. The summed E-state index contributed by atoms with van der Waals surface area (Å²) in [6, 6.07) is 7.72. The Morgan fingerprint density at radius 1 is 1.48 bits per heavy atom. The zero-order chi connectivity index (χ0) is 15.0. The molecular formula is C16H16ClNO2S. The number of carboxylic acid groups (broad SMARTS) is 1. The van der Waals surface area contributed by atoms with Crippen molar-refractivity contribution in [1.82, 2.24) is 0 Å². The molecule has 0 amide bonds. The van der Waals surface area contributed by atoms with Crippen molar-refractivity contribution >= 4 is 34.6 Å². The molecule has 1 aromatic heterocycles. The van der Waals surface area contributed by atoms with Crippen LogP contribution in [-0.4, -0.2) is 17.6 Å². The van der Waals surface area contributed by atoms with Gasteiger partial charge in [0.1, 0.15) is 0 Å². The monoisotopic (exact) mass is 321 g/mol. The Labute approximate surface area is 132 Å². The van der Waals surface area contributed by atoms with E-state index in [1.165, 1.54) is 16.9 Å². The van der Waals surface area contributed by atoms with E-state index < -0.39 is 5.97 Å². The number of carboxylic acids is 1. The first kappa shape index (κ1) is 14.4. The van der Waals surface area contributed by atoms with E-state index in [4.69, 9.17) is 11.6 Å². The first-order valence-electron chi connectivity index (χ1n) is 6.93. The van der Waals surface area contributed by atoms with Crippen LogP contribution < -0.4 is 4.90 Å². The van der Waals surface area contributed by atoms with Gasteiger partial charge in [0.05, 0.1) is 15.9 Å². The number of hydrogen-bond acceptors (Lipinski definition) is 3. The smallest absolute Gasteiger partial charge is 0.336 e. The lowest BCUT2D eigenvalue weighted by atomic mass is 9.94. The van der Waals surface area contributed by atoms with Crippen LogP contribution in [0, 0.1) is 0 Å². The van der Waals surface area contributed by atoms with Crippen LogP contribution in [0.3, 0.4) is 0 Å². The van der Waals surface area contributed by atoms with Crippen LogP contribution in [0.2, 0.25) is 4.34 Å². The van der Waals surface area contributed by atoms with Gasteiger partial charge in [0.2, 0.25) is 0 Å². The Hall–Kier alpha value is -1.52. The lowest BCUT2D eigenvalue weighted by Crippen LogP contribution is -2.32. The third-order valence-corrected chi connectivity index (χ3v) is 5.16. The molecule has 2 heterocycles. The highest BCUT2D eigenvalue weighted by Crippen LogP contribution is 2.37. The lowest BCUT2D eigenvalue weighted by Gasteiger charge is -2.36. The minimum absolute atomic E-state index is 0.192. The number of rotatable bonds is 3. The summed E-state index contributed by atoms with van der Waals surface area (Å²) in [7, 11) is 0. The molecule has 0 bridgehead atoms. The number of thiophene rings is 1. The van der Waals surface area contributed by atoms with Gasteiger partial charge in [-0.15, -0.1) is 11.3 Å². The fraction of sp³-hybridized carbons (Fsp3) is 0.312. The number of aromatic carboxylic acids is 1. The predicted octanol–water partition coefficient (Wildman–Crippen LogP) is 4.61. The summed E-state index contributed by atoms with van der Waals surface area (Å²) >= 11 is 7.56. The second-order valence-corrected chi connectivity index (χ2v) is 6.81. The number of nitrogens with zero attached hydrogens (tertiary/aromatic N) is 1. The van der Waals surface area contributed by atoms with Gasteiger partial charge in [-0.25, -0.2) is 4.79 Å². The van der Waals surface area contributed by atoms with Crippen LogP contribution in [0.15, 0.2) is 29.6 Å². The molecule has 110 valence electrons. The van der Waals surface area contributed by atoms with Crippen molar-refractivity contribution in [3.8, 4) is 0 Å². The fourth-order valence-electron chi connectivity index (χ4n) is 2.98. The molecule has 0 fully saturated rings.